The number of ether oxygens (including phenoxy) is 1. The first-order valence-corrected chi connectivity index (χ1v) is 13.3. The molecule has 166 valence electrons. The van der Waals surface area contributed by atoms with Gasteiger partial charge in [0, 0.05) is 18.8 Å². The lowest BCUT2D eigenvalue weighted by Gasteiger charge is -2.12. The van der Waals surface area contributed by atoms with Gasteiger partial charge in [-0.2, -0.15) is 0 Å². The van der Waals surface area contributed by atoms with Gasteiger partial charge in [0.05, 0.1) is 17.0 Å². The third kappa shape index (κ3) is 4.21. The van der Waals surface area contributed by atoms with E-state index in [0.717, 1.165) is 26.9 Å². The first-order valence-electron chi connectivity index (χ1n) is 9.92. The number of aromatic nitrogens is 1. The molecular weight excluding hydrogens is 446 g/mol. The summed E-state index contributed by atoms with van der Waals surface area (Å²) in [5.74, 6) is 0. The number of fused-ring (bicyclic) bond motifs is 1. The average Bonchev–Trinajstić information content (AvgIpc) is 3.16. The minimum absolute atomic E-state index is 0.0277. The minimum atomic E-state index is -4.10. The summed E-state index contributed by atoms with van der Waals surface area (Å²) in [6, 6.07) is 22.5. The highest BCUT2D eigenvalue weighted by molar-refractivity contribution is 7.93. The lowest BCUT2D eigenvalue weighted by atomic mass is 9.99. The Hall–Kier alpha value is -2.94. The van der Waals surface area contributed by atoms with Crippen molar-refractivity contribution < 1.29 is 21.6 Å². The van der Waals surface area contributed by atoms with Crippen molar-refractivity contribution in [1.82, 2.24) is 3.97 Å². The van der Waals surface area contributed by atoms with Crippen molar-refractivity contribution in [3.63, 3.8) is 0 Å². The molecule has 0 bridgehead atoms. The molecule has 32 heavy (non-hydrogen) atoms. The van der Waals surface area contributed by atoms with Crippen LogP contribution in [0.4, 0.5) is 0 Å². The van der Waals surface area contributed by atoms with E-state index in [1.165, 1.54) is 18.2 Å². The van der Waals surface area contributed by atoms with E-state index in [1.54, 1.807) is 31.4 Å². The van der Waals surface area contributed by atoms with Crippen LogP contribution in [0.2, 0.25) is 0 Å². The standard InChI is InChI=1S/C24H23NO5S2/c1-30-17-20-9-7-6-8-19(20)14-18-12-13-23-21(15-18)16-24(31(2,26)27)25(23)32(28,29)22-10-4-3-5-11-22/h3-13,15-16H,14,17H2,1-2H3. The topological polar surface area (TPSA) is 82.4 Å². The largest absolute Gasteiger partial charge is 0.380 e. The van der Waals surface area contributed by atoms with Gasteiger partial charge in [-0.1, -0.05) is 48.5 Å². The molecule has 3 aromatic carbocycles. The summed E-state index contributed by atoms with van der Waals surface area (Å²) in [7, 11) is -6.26. The molecule has 0 saturated heterocycles. The van der Waals surface area contributed by atoms with E-state index in [-0.39, 0.29) is 9.92 Å². The first-order chi connectivity index (χ1) is 15.2. The van der Waals surface area contributed by atoms with Crippen molar-refractivity contribution >= 4 is 30.8 Å². The second-order valence-corrected chi connectivity index (χ2v) is 11.4. The van der Waals surface area contributed by atoms with Gasteiger partial charge in [-0.25, -0.2) is 20.8 Å². The Labute approximate surface area is 188 Å². The van der Waals surface area contributed by atoms with Gasteiger partial charge in [0.25, 0.3) is 10.0 Å². The fourth-order valence-corrected chi connectivity index (χ4v) is 6.64. The van der Waals surface area contributed by atoms with Crippen LogP contribution in [0, 0.1) is 0 Å². The maximum atomic E-state index is 13.4. The Morgan fingerprint density at radius 1 is 0.812 bits per heavy atom. The predicted octanol–water partition coefficient (Wildman–Crippen LogP) is 4.02. The van der Waals surface area contributed by atoms with Crippen LogP contribution in [-0.4, -0.2) is 34.2 Å². The Morgan fingerprint density at radius 2 is 1.47 bits per heavy atom. The van der Waals surface area contributed by atoms with Crippen molar-refractivity contribution in [3.8, 4) is 0 Å². The molecule has 0 atom stereocenters. The SMILES string of the molecule is COCc1ccccc1Cc1ccc2c(c1)cc(S(C)(=O)=O)n2S(=O)(=O)c1ccccc1. The Kier molecular flexibility index (Phi) is 5.94. The average molecular weight is 470 g/mol. The number of hydrogen-bond donors (Lipinski definition) is 0. The van der Waals surface area contributed by atoms with E-state index >= 15 is 0 Å². The van der Waals surface area contributed by atoms with E-state index < -0.39 is 19.9 Å². The molecule has 8 heteroatoms. The maximum Gasteiger partial charge on any atom is 0.269 e. The van der Waals surface area contributed by atoms with Gasteiger partial charge in [-0.15, -0.1) is 0 Å². The highest BCUT2D eigenvalue weighted by atomic mass is 32.2. The van der Waals surface area contributed by atoms with Crippen molar-refractivity contribution in [3.05, 3.63) is 95.6 Å². The van der Waals surface area contributed by atoms with Crippen LogP contribution in [0.5, 0.6) is 0 Å². The zero-order valence-corrected chi connectivity index (χ0v) is 19.4. The fourth-order valence-electron chi connectivity index (χ4n) is 3.77. The lowest BCUT2D eigenvalue weighted by Crippen LogP contribution is -2.17. The second kappa shape index (κ2) is 8.54. The number of nitrogens with zero attached hydrogens (tertiary/aromatic N) is 1. The van der Waals surface area contributed by atoms with Crippen LogP contribution >= 0.6 is 0 Å². The van der Waals surface area contributed by atoms with E-state index in [0.29, 0.717) is 23.9 Å². The van der Waals surface area contributed by atoms with Crippen LogP contribution in [0.1, 0.15) is 16.7 Å². The molecule has 0 saturated carbocycles. The van der Waals surface area contributed by atoms with E-state index in [4.69, 9.17) is 4.74 Å². The summed E-state index contributed by atoms with van der Waals surface area (Å²) in [4.78, 5) is 0.0277. The van der Waals surface area contributed by atoms with Crippen molar-refractivity contribution in [2.45, 2.75) is 22.9 Å². The molecule has 1 heterocycles. The first kappa shape index (κ1) is 22.3. The van der Waals surface area contributed by atoms with Crippen LogP contribution in [0.25, 0.3) is 10.9 Å². The van der Waals surface area contributed by atoms with Gasteiger partial charge in [-0.05, 0) is 53.4 Å². The fraction of sp³-hybridized carbons (Fsp3) is 0.167. The summed E-state index contributed by atoms with van der Waals surface area (Å²) in [5, 5.41) is 0.292. The number of sulfone groups is 1. The number of rotatable bonds is 7. The van der Waals surface area contributed by atoms with Crippen LogP contribution < -0.4 is 0 Å². The zero-order chi connectivity index (χ0) is 22.9. The van der Waals surface area contributed by atoms with Gasteiger partial charge in [-0.3, -0.25) is 0 Å². The number of hydrogen-bond acceptors (Lipinski definition) is 5. The quantitative estimate of drug-likeness (QED) is 0.408. The molecule has 6 nitrogen and oxygen atoms in total. The van der Waals surface area contributed by atoms with Crippen LogP contribution in [0.15, 0.2) is 88.8 Å². The molecule has 0 spiro atoms. The van der Waals surface area contributed by atoms with Gasteiger partial charge >= 0.3 is 0 Å². The molecule has 0 aliphatic heterocycles. The number of methoxy groups -OCH3 is 1. The molecule has 0 radical (unpaired) electrons. The van der Waals surface area contributed by atoms with Crippen LogP contribution in [-0.2, 0) is 37.6 Å². The third-order valence-electron chi connectivity index (χ3n) is 5.26. The van der Waals surface area contributed by atoms with Crippen molar-refractivity contribution in [1.29, 1.82) is 0 Å². The molecule has 0 unspecified atom stereocenters. The monoisotopic (exact) mass is 469 g/mol. The summed E-state index contributed by atoms with van der Waals surface area (Å²) in [6.07, 6.45) is 1.63. The summed E-state index contributed by atoms with van der Waals surface area (Å²) in [6.45, 7) is 0.488. The van der Waals surface area contributed by atoms with Crippen molar-refractivity contribution in [2.75, 3.05) is 13.4 Å². The lowest BCUT2D eigenvalue weighted by molar-refractivity contribution is 0.184. The molecule has 0 fully saturated rings. The van der Waals surface area contributed by atoms with Gasteiger partial charge in [0.15, 0.2) is 9.84 Å². The molecule has 0 aliphatic rings. The molecule has 0 N–H and O–H groups in total. The second-order valence-electron chi connectivity index (χ2n) is 7.61. The third-order valence-corrected chi connectivity index (χ3v) is 8.18. The maximum absolute atomic E-state index is 13.4. The van der Waals surface area contributed by atoms with E-state index in [2.05, 4.69) is 0 Å². The minimum Gasteiger partial charge on any atom is -0.380 e. The van der Waals surface area contributed by atoms with Gasteiger partial charge < -0.3 is 4.74 Å². The van der Waals surface area contributed by atoms with Crippen LogP contribution in [0.3, 0.4) is 0 Å². The molecule has 4 rings (SSSR count). The summed E-state index contributed by atoms with van der Waals surface area (Å²) < 4.78 is 57.9. The number of benzene rings is 3. The molecular formula is C24H23NO5S2. The highest BCUT2D eigenvalue weighted by Crippen LogP contribution is 2.30. The molecule has 0 amide bonds. The molecule has 4 aromatic rings. The Balaban J connectivity index is 1.86. The van der Waals surface area contributed by atoms with Gasteiger partial charge in [0.1, 0.15) is 5.03 Å². The summed E-state index contributed by atoms with van der Waals surface area (Å²) >= 11 is 0. The van der Waals surface area contributed by atoms with E-state index in [1.807, 2.05) is 36.4 Å². The summed E-state index contributed by atoms with van der Waals surface area (Å²) in [5.41, 5.74) is 3.42. The normalized spacial score (nSPS) is 12.3. The molecule has 0 aliphatic carbocycles. The van der Waals surface area contributed by atoms with Crippen molar-refractivity contribution in [2.24, 2.45) is 0 Å². The highest BCUT2D eigenvalue weighted by Gasteiger charge is 2.27. The smallest absolute Gasteiger partial charge is 0.269 e. The van der Waals surface area contributed by atoms with Gasteiger partial charge in [0.2, 0.25) is 0 Å². The molecule has 1 aromatic heterocycles. The predicted molar refractivity (Wildman–Crippen MR) is 124 cm³/mol. The Bertz CT molecular complexity index is 1490. The zero-order valence-electron chi connectivity index (χ0n) is 17.7. The van der Waals surface area contributed by atoms with E-state index in [9.17, 15) is 16.8 Å². The Morgan fingerprint density at radius 3 is 2.12 bits per heavy atom.